The molecular weight excluding hydrogens is 418 g/mol. The number of aliphatic carboxylic acids is 1. The Morgan fingerprint density at radius 3 is 2.75 bits per heavy atom. The number of carbonyl (C=O) groups is 2. The molecule has 0 aliphatic carbocycles. The Morgan fingerprint density at radius 1 is 1.50 bits per heavy atom. The molecule has 6 nitrogen and oxygen atoms in total. The van der Waals surface area contributed by atoms with E-state index in [0.29, 0.717) is 31.6 Å². The highest BCUT2D eigenvalue weighted by Gasteiger charge is 2.30. The SMILES string of the molecule is CCN1C(=O)/C(=C\c2cc(Br)c(OCC(=O)O)c(OC)c2)SC1=S. The van der Waals surface area contributed by atoms with Gasteiger partial charge in [0, 0.05) is 6.54 Å². The third kappa shape index (κ3) is 4.08. The average Bonchev–Trinajstić information content (AvgIpc) is 2.79. The van der Waals surface area contributed by atoms with Gasteiger partial charge in [0.25, 0.3) is 5.91 Å². The lowest BCUT2D eigenvalue weighted by atomic mass is 10.2. The lowest BCUT2D eigenvalue weighted by Crippen LogP contribution is -2.27. The number of rotatable bonds is 6. The van der Waals surface area contributed by atoms with E-state index in [9.17, 15) is 9.59 Å². The van der Waals surface area contributed by atoms with E-state index in [4.69, 9.17) is 26.8 Å². The Kier molecular flexibility index (Phi) is 6.25. The smallest absolute Gasteiger partial charge is 0.341 e. The van der Waals surface area contributed by atoms with Crippen LogP contribution >= 0.6 is 39.9 Å². The summed E-state index contributed by atoms with van der Waals surface area (Å²) in [6.45, 7) is 1.91. The van der Waals surface area contributed by atoms with Crippen molar-refractivity contribution < 1.29 is 24.2 Å². The van der Waals surface area contributed by atoms with Crippen LogP contribution in [0.5, 0.6) is 11.5 Å². The Labute approximate surface area is 156 Å². The highest BCUT2D eigenvalue weighted by Crippen LogP contribution is 2.39. The molecule has 1 aromatic carbocycles. The van der Waals surface area contributed by atoms with Gasteiger partial charge < -0.3 is 14.6 Å². The quantitative estimate of drug-likeness (QED) is 0.547. The molecule has 0 bridgehead atoms. The van der Waals surface area contributed by atoms with Gasteiger partial charge in [0.1, 0.15) is 4.32 Å². The predicted molar refractivity (Wildman–Crippen MR) is 99.4 cm³/mol. The minimum atomic E-state index is -1.09. The van der Waals surface area contributed by atoms with Crippen LogP contribution in [0.4, 0.5) is 0 Å². The molecule has 1 N–H and O–H groups in total. The number of carbonyl (C=O) groups excluding carboxylic acids is 1. The van der Waals surface area contributed by atoms with Gasteiger partial charge in [-0.2, -0.15) is 0 Å². The predicted octanol–water partition coefficient (Wildman–Crippen LogP) is 3.14. The van der Waals surface area contributed by atoms with Crippen molar-refractivity contribution in [3.05, 3.63) is 27.1 Å². The number of halogens is 1. The number of benzene rings is 1. The number of carboxylic acids is 1. The molecule has 1 heterocycles. The van der Waals surface area contributed by atoms with Crippen LogP contribution in [-0.4, -0.2) is 46.5 Å². The van der Waals surface area contributed by atoms with E-state index < -0.39 is 12.6 Å². The van der Waals surface area contributed by atoms with Crippen LogP contribution in [0.2, 0.25) is 0 Å². The minimum Gasteiger partial charge on any atom is -0.493 e. The van der Waals surface area contributed by atoms with Crippen molar-refractivity contribution in [1.29, 1.82) is 0 Å². The normalized spacial score (nSPS) is 16.0. The van der Waals surface area contributed by atoms with Crippen molar-refractivity contribution in [2.24, 2.45) is 0 Å². The zero-order valence-electron chi connectivity index (χ0n) is 12.9. The molecule has 0 saturated carbocycles. The Hall–Kier alpha value is -1.58. The second kappa shape index (κ2) is 8.00. The van der Waals surface area contributed by atoms with Gasteiger partial charge in [-0.25, -0.2) is 4.79 Å². The maximum absolute atomic E-state index is 12.3. The molecule has 2 rings (SSSR count). The highest BCUT2D eigenvalue weighted by atomic mass is 79.9. The summed E-state index contributed by atoms with van der Waals surface area (Å²) in [5.41, 5.74) is 0.706. The van der Waals surface area contributed by atoms with Gasteiger partial charge in [-0.3, -0.25) is 9.69 Å². The van der Waals surface area contributed by atoms with Crippen LogP contribution in [0.25, 0.3) is 6.08 Å². The van der Waals surface area contributed by atoms with E-state index in [1.165, 1.54) is 23.8 Å². The lowest BCUT2D eigenvalue weighted by Gasteiger charge is -2.12. The zero-order valence-corrected chi connectivity index (χ0v) is 16.1. The molecule has 1 aliphatic heterocycles. The number of amides is 1. The number of carboxylic acid groups (broad SMARTS) is 1. The first-order valence-corrected chi connectivity index (χ1v) is 8.86. The molecule has 0 spiro atoms. The summed E-state index contributed by atoms with van der Waals surface area (Å²) in [4.78, 5) is 25.0. The maximum Gasteiger partial charge on any atom is 0.341 e. The summed E-state index contributed by atoms with van der Waals surface area (Å²) in [5, 5.41) is 8.73. The van der Waals surface area contributed by atoms with Gasteiger partial charge in [-0.15, -0.1) is 0 Å². The Bertz CT molecular complexity index is 735. The number of hydrogen-bond acceptors (Lipinski definition) is 6. The highest BCUT2D eigenvalue weighted by molar-refractivity contribution is 9.10. The number of hydrogen-bond donors (Lipinski definition) is 1. The molecule has 0 aromatic heterocycles. The van der Waals surface area contributed by atoms with Crippen LogP contribution in [0.3, 0.4) is 0 Å². The van der Waals surface area contributed by atoms with Crippen molar-refractivity contribution in [2.45, 2.75) is 6.92 Å². The van der Waals surface area contributed by atoms with Gasteiger partial charge in [-0.05, 0) is 46.6 Å². The van der Waals surface area contributed by atoms with Gasteiger partial charge in [0.05, 0.1) is 16.5 Å². The van der Waals surface area contributed by atoms with Crippen LogP contribution in [0, 0.1) is 0 Å². The number of ether oxygens (including phenoxy) is 2. The summed E-state index contributed by atoms with van der Waals surface area (Å²) < 4.78 is 11.5. The molecule has 1 fully saturated rings. The number of methoxy groups -OCH3 is 1. The first kappa shape index (κ1) is 18.8. The molecular formula is C15H14BrNO5S2. The molecule has 24 heavy (non-hydrogen) atoms. The number of likely N-dealkylation sites (N-methyl/N-ethyl adjacent to an activating group) is 1. The largest absolute Gasteiger partial charge is 0.493 e. The van der Waals surface area contributed by atoms with E-state index in [1.54, 1.807) is 18.2 Å². The van der Waals surface area contributed by atoms with E-state index in [-0.39, 0.29) is 11.7 Å². The lowest BCUT2D eigenvalue weighted by molar-refractivity contribution is -0.139. The first-order valence-electron chi connectivity index (χ1n) is 6.84. The summed E-state index contributed by atoms with van der Waals surface area (Å²) in [5.74, 6) is -0.564. The Morgan fingerprint density at radius 2 is 2.21 bits per heavy atom. The van der Waals surface area contributed by atoms with E-state index >= 15 is 0 Å². The fraction of sp³-hybridized carbons (Fsp3) is 0.267. The molecule has 9 heteroatoms. The molecule has 128 valence electrons. The van der Waals surface area contributed by atoms with Gasteiger partial charge in [0.2, 0.25) is 0 Å². The summed E-state index contributed by atoms with van der Waals surface area (Å²) >= 11 is 9.76. The van der Waals surface area contributed by atoms with E-state index in [1.807, 2.05) is 6.92 Å². The van der Waals surface area contributed by atoms with E-state index in [2.05, 4.69) is 15.9 Å². The van der Waals surface area contributed by atoms with Gasteiger partial charge >= 0.3 is 5.97 Å². The van der Waals surface area contributed by atoms with Crippen LogP contribution in [-0.2, 0) is 9.59 Å². The molecule has 1 aliphatic rings. The summed E-state index contributed by atoms with van der Waals surface area (Å²) in [6, 6.07) is 3.39. The summed E-state index contributed by atoms with van der Waals surface area (Å²) in [6.07, 6.45) is 1.71. The molecule has 1 amide bonds. The van der Waals surface area contributed by atoms with Crippen molar-refractivity contribution in [3.63, 3.8) is 0 Å². The zero-order chi connectivity index (χ0) is 17.9. The fourth-order valence-corrected chi connectivity index (χ4v) is 3.98. The Balaban J connectivity index is 2.34. The maximum atomic E-state index is 12.3. The average molecular weight is 432 g/mol. The van der Waals surface area contributed by atoms with Crippen molar-refractivity contribution in [2.75, 3.05) is 20.3 Å². The minimum absolute atomic E-state index is 0.131. The second-order valence-corrected chi connectivity index (χ2v) is 7.17. The standard InChI is InChI=1S/C15H14BrNO5S2/c1-3-17-14(20)11(24-15(17)23)6-8-4-9(16)13(10(5-8)21-2)22-7-12(18)19/h4-6H,3,7H2,1-2H3,(H,18,19)/b11-6+. The van der Waals surface area contributed by atoms with E-state index in [0.717, 1.165) is 0 Å². The molecule has 0 radical (unpaired) electrons. The van der Waals surface area contributed by atoms with Crippen LogP contribution in [0.15, 0.2) is 21.5 Å². The number of thioether (sulfide) groups is 1. The molecule has 0 unspecified atom stereocenters. The molecule has 1 saturated heterocycles. The van der Waals surface area contributed by atoms with Crippen LogP contribution < -0.4 is 9.47 Å². The van der Waals surface area contributed by atoms with Crippen LogP contribution in [0.1, 0.15) is 12.5 Å². The van der Waals surface area contributed by atoms with Gasteiger partial charge in [0.15, 0.2) is 18.1 Å². The second-order valence-electron chi connectivity index (χ2n) is 4.64. The third-order valence-corrected chi connectivity index (χ3v) is 5.05. The monoisotopic (exact) mass is 431 g/mol. The number of thiocarbonyl (C=S) groups is 1. The topological polar surface area (TPSA) is 76.1 Å². The third-order valence-electron chi connectivity index (χ3n) is 3.08. The fourth-order valence-electron chi connectivity index (χ4n) is 2.02. The summed E-state index contributed by atoms with van der Waals surface area (Å²) in [7, 11) is 1.45. The van der Waals surface area contributed by atoms with Crippen molar-refractivity contribution >= 4 is 62.2 Å². The van der Waals surface area contributed by atoms with Crippen molar-refractivity contribution in [3.8, 4) is 11.5 Å². The first-order chi connectivity index (χ1) is 11.4. The molecule has 1 aromatic rings. The van der Waals surface area contributed by atoms with Crippen molar-refractivity contribution in [1.82, 2.24) is 4.90 Å². The molecule has 0 atom stereocenters. The number of nitrogens with zero attached hydrogens (tertiary/aromatic N) is 1. The van der Waals surface area contributed by atoms with Gasteiger partial charge in [-0.1, -0.05) is 24.0 Å².